The maximum Gasteiger partial charge on any atom is 0.335 e. The lowest BCUT2D eigenvalue weighted by atomic mass is 9.96. The third-order valence-electron chi connectivity index (χ3n) is 3.85. The molecule has 0 radical (unpaired) electrons. The van der Waals surface area contributed by atoms with Crippen LogP contribution < -0.4 is 5.32 Å². The van der Waals surface area contributed by atoms with E-state index in [2.05, 4.69) is 5.32 Å². The minimum atomic E-state index is -0.970. The molecule has 1 aromatic carbocycles. The second-order valence-electron chi connectivity index (χ2n) is 5.44. The molecule has 1 aliphatic rings. The van der Waals surface area contributed by atoms with Crippen LogP contribution in [0.2, 0.25) is 0 Å². The molecule has 0 bridgehead atoms. The van der Waals surface area contributed by atoms with Gasteiger partial charge in [-0.05, 0) is 30.0 Å². The van der Waals surface area contributed by atoms with Gasteiger partial charge in [0, 0.05) is 19.6 Å². The number of aromatic carboxylic acids is 1. The fourth-order valence-electron chi connectivity index (χ4n) is 2.29. The number of likely N-dealkylation sites (tertiary alicyclic amines) is 1. The van der Waals surface area contributed by atoms with Gasteiger partial charge >= 0.3 is 12.0 Å². The van der Waals surface area contributed by atoms with Crippen LogP contribution in [-0.2, 0) is 6.54 Å². The first-order valence-electron chi connectivity index (χ1n) is 7.00. The van der Waals surface area contributed by atoms with Crippen molar-refractivity contribution in [3.05, 3.63) is 35.4 Å². The molecular formula is C15H20N2O4. The molecule has 6 heteroatoms. The predicted molar refractivity (Wildman–Crippen MR) is 77.0 cm³/mol. The van der Waals surface area contributed by atoms with Gasteiger partial charge in [0.25, 0.3) is 0 Å². The number of urea groups is 1. The molecule has 1 aliphatic heterocycles. The molecule has 2 amide bonds. The summed E-state index contributed by atoms with van der Waals surface area (Å²) in [7, 11) is 0. The minimum Gasteiger partial charge on any atom is -0.478 e. The van der Waals surface area contributed by atoms with E-state index in [0.717, 1.165) is 12.0 Å². The zero-order valence-electron chi connectivity index (χ0n) is 12.0. The Bertz CT molecular complexity index is 515. The summed E-state index contributed by atoms with van der Waals surface area (Å²) in [5.74, 6) is -0.750. The number of carbonyl (C=O) groups excluding carboxylic acids is 1. The predicted octanol–water partition coefficient (Wildman–Crippen LogP) is 1.30. The zero-order chi connectivity index (χ0) is 15.4. The highest BCUT2D eigenvalue weighted by Gasteiger charge is 2.26. The smallest absolute Gasteiger partial charge is 0.335 e. The van der Waals surface area contributed by atoms with Gasteiger partial charge in [0.2, 0.25) is 0 Å². The summed E-state index contributed by atoms with van der Waals surface area (Å²) in [4.78, 5) is 24.4. The first-order valence-corrected chi connectivity index (χ1v) is 7.00. The highest BCUT2D eigenvalue weighted by atomic mass is 16.4. The van der Waals surface area contributed by atoms with Crippen molar-refractivity contribution in [1.29, 1.82) is 0 Å². The Hall–Kier alpha value is -2.08. The Balaban J connectivity index is 1.85. The number of amides is 2. The Kier molecular flexibility index (Phi) is 4.80. The molecule has 0 saturated carbocycles. The summed E-state index contributed by atoms with van der Waals surface area (Å²) in [5.41, 5.74) is 1.05. The fourth-order valence-corrected chi connectivity index (χ4v) is 2.29. The van der Waals surface area contributed by atoms with Gasteiger partial charge in [0.15, 0.2) is 0 Å². The molecule has 0 aromatic heterocycles. The van der Waals surface area contributed by atoms with Gasteiger partial charge in [-0.25, -0.2) is 9.59 Å². The molecule has 2 atom stereocenters. The second-order valence-corrected chi connectivity index (χ2v) is 5.44. The Labute approximate surface area is 123 Å². The summed E-state index contributed by atoms with van der Waals surface area (Å²) in [6.07, 6.45) is 0.321. The van der Waals surface area contributed by atoms with Gasteiger partial charge in [-0.1, -0.05) is 19.1 Å². The first-order chi connectivity index (χ1) is 9.97. The first kappa shape index (κ1) is 15.3. The number of nitrogens with zero attached hydrogens (tertiary/aromatic N) is 1. The van der Waals surface area contributed by atoms with E-state index in [0.29, 0.717) is 19.6 Å². The summed E-state index contributed by atoms with van der Waals surface area (Å²) < 4.78 is 0. The molecule has 2 unspecified atom stereocenters. The second kappa shape index (κ2) is 6.58. The van der Waals surface area contributed by atoms with Crippen LogP contribution in [0.3, 0.4) is 0 Å². The maximum absolute atomic E-state index is 12.0. The van der Waals surface area contributed by atoms with Crippen LogP contribution in [0.15, 0.2) is 24.3 Å². The van der Waals surface area contributed by atoms with Crippen LogP contribution in [0, 0.1) is 5.92 Å². The van der Waals surface area contributed by atoms with Gasteiger partial charge < -0.3 is 20.4 Å². The Morgan fingerprint density at radius 2 is 2.00 bits per heavy atom. The third-order valence-corrected chi connectivity index (χ3v) is 3.85. The molecule has 2 rings (SSSR count). The van der Waals surface area contributed by atoms with Crippen LogP contribution >= 0.6 is 0 Å². The van der Waals surface area contributed by atoms with E-state index in [1.54, 1.807) is 17.0 Å². The lowest BCUT2D eigenvalue weighted by Gasteiger charge is -2.34. The van der Waals surface area contributed by atoms with Crippen LogP contribution in [0.1, 0.15) is 29.3 Å². The summed E-state index contributed by atoms with van der Waals surface area (Å²) in [6, 6.07) is 6.17. The van der Waals surface area contributed by atoms with Crippen LogP contribution in [0.25, 0.3) is 0 Å². The normalized spacial score (nSPS) is 21.9. The van der Waals surface area contributed by atoms with Gasteiger partial charge in [0.05, 0.1) is 11.7 Å². The number of carbonyl (C=O) groups is 2. The number of nitrogens with one attached hydrogen (secondary N) is 1. The lowest BCUT2D eigenvalue weighted by molar-refractivity contribution is 0.0435. The average molecular weight is 292 g/mol. The molecular weight excluding hydrogens is 272 g/mol. The number of aliphatic hydroxyl groups excluding tert-OH is 1. The maximum atomic E-state index is 12.0. The molecule has 0 spiro atoms. The van der Waals surface area contributed by atoms with Crippen LogP contribution in [0.4, 0.5) is 4.79 Å². The number of hydrogen-bond acceptors (Lipinski definition) is 3. The van der Waals surface area contributed by atoms with E-state index in [-0.39, 0.29) is 17.5 Å². The molecule has 1 fully saturated rings. The standard InChI is InChI=1S/C15H20N2O4/c1-10-6-7-17(9-13(10)18)15(21)16-8-11-2-4-12(5-3-11)14(19)20/h2-5,10,13,18H,6-9H2,1H3,(H,16,21)(H,19,20). The number of carboxylic acid groups (broad SMARTS) is 1. The fraction of sp³-hybridized carbons (Fsp3) is 0.467. The van der Waals surface area contributed by atoms with Crippen molar-refractivity contribution in [2.45, 2.75) is 26.0 Å². The van der Waals surface area contributed by atoms with Gasteiger partial charge in [0.1, 0.15) is 0 Å². The number of β-amino-alcohol motifs (C(OH)–C–C–N with tert-alkyl or cyclic N) is 1. The summed E-state index contributed by atoms with van der Waals surface area (Å²) in [5, 5.41) is 21.4. The summed E-state index contributed by atoms with van der Waals surface area (Å²) in [6.45, 7) is 3.30. The van der Waals surface area contributed by atoms with Crippen molar-refractivity contribution < 1.29 is 19.8 Å². The quantitative estimate of drug-likeness (QED) is 0.783. The van der Waals surface area contributed by atoms with Gasteiger partial charge in [-0.2, -0.15) is 0 Å². The SMILES string of the molecule is CC1CCN(C(=O)NCc2ccc(C(=O)O)cc2)CC1O. The van der Waals surface area contributed by atoms with Crippen LogP contribution in [0.5, 0.6) is 0 Å². The van der Waals surface area contributed by atoms with E-state index in [9.17, 15) is 14.7 Å². The number of hydrogen-bond donors (Lipinski definition) is 3. The van der Waals surface area contributed by atoms with Crippen molar-refractivity contribution >= 4 is 12.0 Å². The highest BCUT2D eigenvalue weighted by Crippen LogP contribution is 2.16. The van der Waals surface area contributed by atoms with Crippen molar-refractivity contribution in [2.75, 3.05) is 13.1 Å². The van der Waals surface area contributed by atoms with E-state index >= 15 is 0 Å². The van der Waals surface area contributed by atoms with Crippen molar-refractivity contribution in [3.63, 3.8) is 0 Å². The third kappa shape index (κ3) is 3.95. The van der Waals surface area contributed by atoms with Crippen molar-refractivity contribution in [1.82, 2.24) is 10.2 Å². The average Bonchev–Trinajstić information content (AvgIpc) is 2.48. The molecule has 1 saturated heterocycles. The van der Waals surface area contributed by atoms with Crippen molar-refractivity contribution in [3.8, 4) is 0 Å². The topological polar surface area (TPSA) is 89.9 Å². The molecule has 1 heterocycles. The number of carboxylic acids is 1. The zero-order valence-corrected chi connectivity index (χ0v) is 12.0. The number of aliphatic hydroxyl groups is 1. The van der Waals surface area contributed by atoms with Crippen LogP contribution in [-0.4, -0.2) is 46.3 Å². The lowest BCUT2D eigenvalue weighted by Crippen LogP contribution is -2.49. The van der Waals surface area contributed by atoms with E-state index in [4.69, 9.17) is 5.11 Å². The molecule has 1 aromatic rings. The molecule has 6 nitrogen and oxygen atoms in total. The minimum absolute atomic E-state index is 0.205. The molecule has 3 N–H and O–H groups in total. The van der Waals surface area contributed by atoms with Crippen molar-refractivity contribution in [2.24, 2.45) is 5.92 Å². The Morgan fingerprint density at radius 3 is 2.57 bits per heavy atom. The highest BCUT2D eigenvalue weighted by molar-refractivity contribution is 5.87. The van der Waals surface area contributed by atoms with E-state index < -0.39 is 12.1 Å². The molecule has 0 aliphatic carbocycles. The van der Waals surface area contributed by atoms with E-state index in [1.165, 1.54) is 12.1 Å². The number of piperidine rings is 1. The number of rotatable bonds is 3. The Morgan fingerprint density at radius 1 is 1.33 bits per heavy atom. The number of benzene rings is 1. The summed E-state index contributed by atoms with van der Waals surface area (Å²) >= 11 is 0. The molecule has 114 valence electrons. The van der Waals surface area contributed by atoms with Gasteiger partial charge in [-0.15, -0.1) is 0 Å². The molecule has 21 heavy (non-hydrogen) atoms. The largest absolute Gasteiger partial charge is 0.478 e. The monoisotopic (exact) mass is 292 g/mol. The van der Waals surface area contributed by atoms with E-state index in [1.807, 2.05) is 6.92 Å². The van der Waals surface area contributed by atoms with Gasteiger partial charge in [-0.3, -0.25) is 0 Å².